The first-order valence-electron chi connectivity index (χ1n) is 5.43. The van der Waals surface area contributed by atoms with Crippen molar-refractivity contribution in [3.63, 3.8) is 0 Å². The van der Waals surface area contributed by atoms with E-state index < -0.39 is 0 Å². The second-order valence-corrected chi connectivity index (χ2v) is 4.50. The van der Waals surface area contributed by atoms with Gasteiger partial charge in [-0.25, -0.2) is 0 Å². The topological polar surface area (TPSA) is 35.2 Å². The SMILES string of the molecule is CCCOCCC(N)c1ccc(Cl)c(Cl)c1. The highest BCUT2D eigenvalue weighted by atomic mass is 35.5. The van der Waals surface area contributed by atoms with Crippen LogP contribution in [0.15, 0.2) is 18.2 Å². The Hall–Kier alpha value is -0.280. The molecule has 1 unspecified atom stereocenters. The monoisotopic (exact) mass is 261 g/mol. The molecule has 0 radical (unpaired) electrons. The predicted octanol–water partition coefficient (Wildman–Crippen LogP) is 3.81. The van der Waals surface area contributed by atoms with Crippen molar-refractivity contribution in [2.24, 2.45) is 5.73 Å². The van der Waals surface area contributed by atoms with Gasteiger partial charge in [0.25, 0.3) is 0 Å². The molecule has 2 nitrogen and oxygen atoms in total. The van der Waals surface area contributed by atoms with Crippen molar-refractivity contribution in [2.45, 2.75) is 25.8 Å². The van der Waals surface area contributed by atoms with Gasteiger partial charge >= 0.3 is 0 Å². The first-order valence-corrected chi connectivity index (χ1v) is 6.19. The van der Waals surface area contributed by atoms with Crippen LogP contribution < -0.4 is 5.73 Å². The Bertz CT molecular complexity index is 331. The summed E-state index contributed by atoms with van der Waals surface area (Å²) in [6.45, 7) is 3.54. The summed E-state index contributed by atoms with van der Waals surface area (Å²) in [5, 5.41) is 1.10. The normalized spacial score (nSPS) is 12.8. The van der Waals surface area contributed by atoms with Crippen LogP contribution in [0.25, 0.3) is 0 Å². The summed E-state index contributed by atoms with van der Waals surface area (Å²) in [5.74, 6) is 0. The third-order valence-corrected chi connectivity index (χ3v) is 3.03. The summed E-state index contributed by atoms with van der Waals surface area (Å²) in [6, 6.07) is 5.44. The molecule has 0 aliphatic carbocycles. The van der Waals surface area contributed by atoms with E-state index in [2.05, 4.69) is 6.92 Å². The lowest BCUT2D eigenvalue weighted by atomic mass is 10.1. The second kappa shape index (κ2) is 7.13. The molecule has 90 valence electrons. The van der Waals surface area contributed by atoms with E-state index in [0.717, 1.165) is 25.0 Å². The number of nitrogens with two attached hydrogens (primary N) is 1. The lowest BCUT2D eigenvalue weighted by Crippen LogP contribution is -2.13. The van der Waals surface area contributed by atoms with Crippen LogP contribution in [-0.2, 0) is 4.74 Å². The van der Waals surface area contributed by atoms with E-state index in [1.54, 1.807) is 6.07 Å². The zero-order chi connectivity index (χ0) is 12.0. The zero-order valence-corrected chi connectivity index (χ0v) is 10.9. The van der Waals surface area contributed by atoms with Gasteiger partial charge in [0.2, 0.25) is 0 Å². The van der Waals surface area contributed by atoms with E-state index in [9.17, 15) is 0 Å². The molecule has 0 saturated heterocycles. The number of hydrogen-bond donors (Lipinski definition) is 1. The van der Waals surface area contributed by atoms with Gasteiger partial charge in [0.05, 0.1) is 10.0 Å². The quantitative estimate of drug-likeness (QED) is 0.791. The standard InChI is InChI=1S/C12H17Cl2NO/c1-2-6-16-7-5-12(15)9-3-4-10(13)11(14)8-9/h3-4,8,12H,2,5-7,15H2,1H3. The molecule has 1 atom stereocenters. The number of halogens is 2. The molecule has 2 N–H and O–H groups in total. The van der Waals surface area contributed by atoms with E-state index in [4.69, 9.17) is 33.7 Å². The van der Waals surface area contributed by atoms with Gasteiger partial charge in [-0.05, 0) is 30.5 Å². The highest BCUT2D eigenvalue weighted by Gasteiger charge is 2.07. The molecule has 0 saturated carbocycles. The second-order valence-electron chi connectivity index (χ2n) is 3.68. The number of benzene rings is 1. The summed E-state index contributed by atoms with van der Waals surface area (Å²) in [7, 11) is 0. The van der Waals surface area contributed by atoms with Gasteiger partial charge in [0, 0.05) is 19.3 Å². The van der Waals surface area contributed by atoms with E-state index >= 15 is 0 Å². The van der Waals surface area contributed by atoms with Crippen molar-refractivity contribution in [3.05, 3.63) is 33.8 Å². The van der Waals surface area contributed by atoms with E-state index in [1.165, 1.54) is 0 Å². The number of rotatable bonds is 6. The van der Waals surface area contributed by atoms with Gasteiger partial charge in [0.15, 0.2) is 0 Å². The van der Waals surface area contributed by atoms with Crippen molar-refractivity contribution < 1.29 is 4.74 Å². The van der Waals surface area contributed by atoms with Crippen LogP contribution in [0.2, 0.25) is 10.0 Å². The van der Waals surface area contributed by atoms with Gasteiger partial charge in [-0.1, -0.05) is 36.2 Å². The summed E-state index contributed by atoms with van der Waals surface area (Å²) in [6.07, 6.45) is 1.82. The Balaban J connectivity index is 2.46. The molecule has 0 bridgehead atoms. The van der Waals surface area contributed by atoms with Crippen LogP contribution in [0.4, 0.5) is 0 Å². The fourth-order valence-electron chi connectivity index (χ4n) is 1.37. The van der Waals surface area contributed by atoms with Crippen LogP contribution in [0.5, 0.6) is 0 Å². The molecule has 0 spiro atoms. The average Bonchev–Trinajstić information content (AvgIpc) is 2.28. The molecule has 0 aliphatic heterocycles. The molecule has 1 aromatic carbocycles. The third-order valence-electron chi connectivity index (χ3n) is 2.29. The average molecular weight is 262 g/mol. The lowest BCUT2D eigenvalue weighted by Gasteiger charge is -2.12. The Labute approximate surface area is 107 Å². The number of ether oxygens (including phenoxy) is 1. The molecule has 4 heteroatoms. The van der Waals surface area contributed by atoms with Crippen LogP contribution in [0, 0.1) is 0 Å². The van der Waals surface area contributed by atoms with Crippen LogP contribution in [-0.4, -0.2) is 13.2 Å². The number of hydrogen-bond acceptors (Lipinski definition) is 2. The van der Waals surface area contributed by atoms with E-state index in [-0.39, 0.29) is 6.04 Å². The van der Waals surface area contributed by atoms with Crippen molar-refractivity contribution >= 4 is 23.2 Å². The molecule has 0 fully saturated rings. The van der Waals surface area contributed by atoms with Gasteiger partial charge < -0.3 is 10.5 Å². The Morgan fingerprint density at radius 1 is 1.25 bits per heavy atom. The van der Waals surface area contributed by atoms with E-state index in [0.29, 0.717) is 16.7 Å². The fourth-order valence-corrected chi connectivity index (χ4v) is 1.67. The summed E-state index contributed by atoms with van der Waals surface area (Å²) in [5.41, 5.74) is 7.01. The van der Waals surface area contributed by atoms with Crippen molar-refractivity contribution in [1.82, 2.24) is 0 Å². The molecule has 1 aromatic rings. The van der Waals surface area contributed by atoms with Gasteiger partial charge in [-0.3, -0.25) is 0 Å². The molecule has 0 aliphatic rings. The Morgan fingerprint density at radius 3 is 2.62 bits per heavy atom. The van der Waals surface area contributed by atoms with Crippen molar-refractivity contribution in [3.8, 4) is 0 Å². The minimum atomic E-state index is -0.0494. The Morgan fingerprint density at radius 2 is 2.00 bits per heavy atom. The molecule has 1 rings (SSSR count). The molecular formula is C12H17Cl2NO. The van der Waals surface area contributed by atoms with Gasteiger partial charge in [-0.15, -0.1) is 0 Å². The van der Waals surface area contributed by atoms with E-state index in [1.807, 2.05) is 12.1 Å². The minimum Gasteiger partial charge on any atom is -0.381 e. The van der Waals surface area contributed by atoms with Crippen LogP contribution in [0.3, 0.4) is 0 Å². The van der Waals surface area contributed by atoms with Gasteiger partial charge in [-0.2, -0.15) is 0 Å². The van der Waals surface area contributed by atoms with Crippen LogP contribution >= 0.6 is 23.2 Å². The molecule has 0 heterocycles. The summed E-state index contributed by atoms with van der Waals surface area (Å²) in [4.78, 5) is 0. The highest BCUT2D eigenvalue weighted by molar-refractivity contribution is 6.42. The molecular weight excluding hydrogens is 245 g/mol. The highest BCUT2D eigenvalue weighted by Crippen LogP contribution is 2.25. The summed E-state index contributed by atoms with van der Waals surface area (Å²) < 4.78 is 5.39. The maximum absolute atomic E-state index is 6.01. The minimum absolute atomic E-state index is 0.0494. The molecule has 16 heavy (non-hydrogen) atoms. The molecule has 0 aromatic heterocycles. The zero-order valence-electron chi connectivity index (χ0n) is 9.38. The van der Waals surface area contributed by atoms with Gasteiger partial charge in [0.1, 0.15) is 0 Å². The van der Waals surface area contributed by atoms with Crippen molar-refractivity contribution in [2.75, 3.05) is 13.2 Å². The lowest BCUT2D eigenvalue weighted by molar-refractivity contribution is 0.128. The van der Waals surface area contributed by atoms with Crippen LogP contribution in [0.1, 0.15) is 31.4 Å². The first kappa shape index (κ1) is 13.8. The largest absolute Gasteiger partial charge is 0.381 e. The fraction of sp³-hybridized carbons (Fsp3) is 0.500. The smallest absolute Gasteiger partial charge is 0.0595 e. The Kier molecular flexibility index (Phi) is 6.14. The maximum atomic E-state index is 6.01. The third kappa shape index (κ3) is 4.30. The summed E-state index contributed by atoms with van der Waals surface area (Å²) >= 11 is 11.8. The maximum Gasteiger partial charge on any atom is 0.0595 e. The first-order chi connectivity index (χ1) is 7.65. The molecule has 0 amide bonds. The predicted molar refractivity (Wildman–Crippen MR) is 69.1 cm³/mol. The van der Waals surface area contributed by atoms with Crippen molar-refractivity contribution in [1.29, 1.82) is 0 Å².